The highest BCUT2D eigenvalue weighted by atomic mass is 16.5. The molecule has 0 radical (unpaired) electrons. The van der Waals surface area contributed by atoms with E-state index in [-0.39, 0.29) is 5.97 Å². The van der Waals surface area contributed by atoms with Crippen LogP contribution in [0.15, 0.2) is 53.1 Å². The van der Waals surface area contributed by atoms with Gasteiger partial charge in [-0.25, -0.2) is 4.79 Å². The molecule has 0 unspecified atom stereocenters. The van der Waals surface area contributed by atoms with Gasteiger partial charge in [-0.05, 0) is 61.4 Å². The molecule has 1 heterocycles. The normalized spacial score (nSPS) is 10.9. The van der Waals surface area contributed by atoms with Gasteiger partial charge in [0.25, 0.3) is 5.89 Å². The molecule has 0 fully saturated rings. The van der Waals surface area contributed by atoms with Gasteiger partial charge in [-0.3, -0.25) is 0 Å². The Labute approximate surface area is 215 Å². The van der Waals surface area contributed by atoms with Gasteiger partial charge in [-0.15, -0.1) is 0 Å². The standard InChI is InChI=1S/C30H40N2O4/c1-3-5-7-8-9-10-11-12-13-23-35-30(33)26-16-14-25(15-17-26)29-31-28(32-36-29)24-18-20-27(21-19-24)34-22-6-4-2/h14-21H,3-13,22-23H2,1-2H3. The minimum absolute atomic E-state index is 0.298. The largest absolute Gasteiger partial charge is 0.494 e. The van der Waals surface area contributed by atoms with Crippen LogP contribution in [0.25, 0.3) is 22.8 Å². The van der Waals surface area contributed by atoms with Crippen molar-refractivity contribution in [1.29, 1.82) is 0 Å². The van der Waals surface area contributed by atoms with Crippen molar-refractivity contribution >= 4 is 5.97 Å². The van der Waals surface area contributed by atoms with Crippen LogP contribution in [0, 0.1) is 0 Å². The Balaban J connectivity index is 1.41. The molecule has 3 aromatic rings. The zero-order chi connectivity index (χ0) is 25.4. The third kappa shape index (κ3) is 9.14. The number of esters is 1. The van der Waals surface area contributed by atoms with E-state index in [9.17, 15) is 4.79 Å². The lowest BCUT2D eigenvalue weighted by Gasteiger charge is -2.05. The third-order valence-electron chi connectivity index (χ3n) is 6.15. The zero-order valence-corrected chi connectivity index (χ0v) is 21.8. The topological polar surface area (TPSA) is 74.5 Å². The fraction of sp³-hybridized carbons (Fsp3) is 0.500. The zero-order valence-electron chi connectivity index (χ0n) is 21.8. The Morgan fingerprint density at radius 1 is 0.722 bits per heavy atom. The van der Waals surface area contributed by atoms with Gasteiger partial charge in [-0.1, -0.05) is 76.8 Å². The molecule has 0 saturated heterocycles. The van der Waals surface area contributed by atoms with Crippen molar-refractivity contribution in [2.24, 2.45) is 0 Å². The molecule has 1 aromatic heterocycles. The van der Waals surface area contributed by atoms with E-state index in [4.69, 9.17) is 14.0 Å². The molecule has 194 valence electrons. The summed E-state index contributed by atoms with van der Waals surface area (Å²) in [5.74, 6) is 1.45. The third-order valence-corrected chi connectivity index (χ3v) is 6.15. The molecular weight excluding hydrogens is 452 g/mol. The number of hydrogen-bond donors (Lipinski definition) is 0. The number of carbonyl (C=O) groups excluding carboxylic acids is 1. The van der Waals surface area contributed by atoms with Crippen molar-refractivity contribution in [2.75, 3.05) is 13.2 Å². The predicted molar refractivity (Wildman–Crippen MR) is 143 cm³/mol. The molecule has 0 aliphatic carbocycles. The summed E-state index contributed by atoms with van der Waals surface area (Å²) < 4.78 is 16.6. The van der Waals surface area contributed by atoms with Crippen LogP contribution in [-0.4, -0.2) is 29.3 Å². The van der Waals surface area contributed by atoms with Crippen molar-refractivity contribution < 1.29 is 18.8 Å². The first kappa shape index (κ1) is 27.4. The summed E-state index contributed by atoms with van der Waals surface area (Å²) in [5.41, 5.74) is 2.13. The number of nitrogens with zero attached hydrogens (tertiary/aromatic N) is 2. The molecule has 0 amide bonds. The van der Waals surface area contributed by atoms with Gasteiger partial charge < -0.3 is 14.0 Å². The lowest BCUT2D eigenvalue weighted by molar-refractivity contribution is 0.0497. The van der Waals surface area contributed by atoms with Gasteiger partial charge in [0.05, 0.1) is 18.8 Å². The fourth-order valence-electron chi connectivity index (χ4n) is 3.90. The number of benzene rings is 2. The number of aromatic nitrogens is 2. The highest BCUT2D eigenvalue weighted by Gasteiger charge is 2.13. The van der Waals surface area contributed by atoms with Crippen molar-refractivity contribution in [3.05, 3.63) is 54.1 Å². The first-order valence-electron chi connectivity index (χ1n) is 13.6. The SMILES string of the molecule is CCCCCCCCCCCOC(=O)c1ccc(-c2nc(-c3ccc(OCCCC)cc3)no2)cc1. The van der Waals surface area contributed by atoms with Crippen LogP contribution < -0.4 is 4.74 Å². The van der Waals surface area contributed by atoms with Crippen molar-refractivity contribution in [3.63, 3.8) is 0 Å². The number of hydrogen-bond acceptors (Lipinski definition) is 6. The number of unbranched alkanes of at least 4 members (excludes halogenated alkanes) is 9. The minimum Gasteiger partial charge on any atom is -0.494 e. The summed E-state index contributed by atoms with van der Waals surface area (Å²) in [6, 6.07) is 14.7. The Bertz CT molecular complexity index is 1010. The molecule has 3 rings (SSSR count). The maximum Gasteiger partial charge on any atom is 0.338 e. The predicted octanol–water partition coefficient (Wildman–Crippen LogP) is 8.27. The van der Waals surface area contributed by atoms with Crippen molar-refractivity contribution in [2.45, 2.75) is 84.5 Å². The van der Waals surface area contributed by atoms with E-state index in [0.29, 0.717) is 30.5 Å². The lowest BCUT2D eigenvalue weighted by Crippen LogP contribution is -2.06. The maximum absolute atomic E-state index is 12.3. The van der Waals surface area contributed by atoms with E-state index in [0.717, 1.165) is 42.6 Å². The van der Waals surface area contributed by atoms with Gasteiger partial charge >= 0.3 is 5.97 Å². The van der Waals surface area contributed by atoms with E-state index in [1.807, 2.05) is 24.3 Å². The van der Waals surface area contributed by atoms with Crippen LogP contribution >= 0.6 is 0 Å². The molecule has 0 atom stereocenters. The van der Waals surface area contributed by atoms with Crippen molar-refractivity contribution in [3.8, 4) is 28.6 Å². The second-order valence-corrected chi connectivity index (χ2v) is 9.19. The molecule has 0 N–H and O–H groups in total. The molecule has 0 aliphatic heterocycles. The van der Waals surface area contributed by atoms with Gasteiger partial charge in [0.2, 0.25) is 5.82 Å². The van der Waals surface area contributed by atoms with Crippen LogP contribution in [0.3, 0.4) is 0 Å². The molecule has 0 spiro atoms. The van der Waals surface area contributed by atoms with Crippen LogP contribution in [0.4, 0.5) is 0 Å². The number of carbonyl (C=O) groups is 1. The number of rotatable bonds is 17. The van der Waals surface area contributed by atoms with E-state index in [1.165, 1.54) is 44.9 Å². The number of ether oxygens (including phenoxy) is 2. The summed E-state index contributed by atoms with van der Waals surface area (Å²) in [6.45, 7) is 5.56. The molecule has 0 aliphatic rings. The molecule has 0 saturated carbocycles. The Hall–Kier alpha value is -3.15. The van der Waals surface area contributed by atoms with Crippen LogP contribution in [0.5, 0.6) is 5.75 Å². The quantitative estimate of drug-likeness (QED) is 0.139. The second kappa shape index (κ2) is 15.8. The second-order valence-electron chi connectivity index (χ2n) is 9.19. The Kier molecular flexibility index (Phi) is 12.0. The van der Waals surface area contributed by atoms with E-state index in [1.54, 1.807) is 24.3 Å². The Morgan fingerprint density at radius 2 is 1.33 bits per heavy atom. The van der Waals surface area contributed by atoms with E-state index < -0.39 is 0 Å². The summed E-state index contributed by atoms with van der Waals surface area (Å²) >= 11 is 0. The first-order valence-corrected chi connectivity index (χ1v) is 13.6. The first-order chi connectivity index (χ1) is 17.7. The molecule has 6 heteroatoms. The molecule has 2 aromatic carbocycles. The molecular formula is C30H40N2O4. The van der Waals surface area contributed by atoms with Crippen LogP contribution in [-0.2, 0) is 4.74 Å². The fourth-order valence-corrected chi connectivity index (χ4v) is 3.90. The maximum atomic E-state index is 12.3. The summed E-state index contributed by atoms with van der Waals surface area (Å²) in [5, 5.41) is 4.10. The van der Waals surface area contributed by atoms with Crippen LogP contribution in [0.1, 0.15) is 94.8 Å². The molecule has 0 bridgehead atoms. The van der Waals surface area contributed by atoms with Gasteiger partial charge in [0.1, 0.15) is 5.75 Å². The highest BCUT2D eigenvalue weighted by Crippen LogP contribution is 2.24. The average Bonchev–Trinajstić information content (AvgIpc) is 3.41. The summed E-state index contributed by atoms with van der Waals surface area (Å²) in [7, 11) is 0. The van der Waals surface area contributed by atoms with Gasteiger partial charge in [0.15, 0.2) is 0 Å². The minimum atomic E-state index is -0.298. The van der Waals surface area contributed by atoms with E-state index in [2.05, 4.69) is 24.0 Å². The Morgan fingerprint density at radius 3 is 2.00 bits per heavy atom. The lowest BCUT2D eigenvalue weighted by atomic mass is 10.1. The monoisotopic (exact) mass is 492 g/mol. The smallest absolute Gasteiger partial charge is 0.338 e. The average molecular weight is 493 g/mol. The summed E-state index contributed by atoms with van der Waals surface area (Å²) in [6.07, 6.45) is 13.3. The van der Waals surface area contributed by atoms with Gasteiger partial charge in [-0.2, -0.15) is 4.98 Å². The highest BCUT2D eigenvalue weighted by molar-refractivity contribution is 5.89. The summed E-state index contributed by atoms with van der Waals surface area (Å²) in [4.78, 5) is 16.8. The molecule has 6 nitrogen and oxygen atoms in total. The van der Waals surface area contributed by atoms with E-state index >= 15 is 0 Å². The van der Waals surface area contributed by atoms with Crippen LogP contribution in [0.2, 0.25) is 0 Å². The molecule has 36 heavy (non-hydrogen) atoms. The van der Waals surface area contributed by atoms with Crippen molar-refractivity contribution in [1.82, 2.24) is 10.1 Å². The van der Waals surface area contributed by atoms with Gasteiger partial charge in [0, 0.05) is 11.1 Å².